The van der Waals surface area contributed by atoms with Gasteiger partial charge in [-0.05, 0) is 67.3 Å². The lowest BCUT2D eigenvalue weighted by atomic mass is 9.50. The molecule has 4 aliphatic carbocycles. The minimum atomic E-state index is -0.760. The van der Waals surface area contributed by atoms with Crippen molar-refractivity contribution < 1.29 is 9.90 Å². The van der Waals surface area contributed by atoms with E-state index in [-0.39, 0.29) is 0 Å². The first-order chi connectivity index (χ1) is 9.11. The van der Waals surface area contributed by atoms with Gasteiger partial charge in [0.2, 0.25) is 0 Å². The lowest BCUT2D eigenvalue weighted by molar-refractivity contribution is -0.00312. The molecule has 102 valence electrons. The molecule has 5 rings (SSSR count). The van der Waals surface area contributed by atoms with Crippen molar-refractivity contribution in [2.24, 2.45) is 30.7 Å². The van der Waals surface area contributed by atoms with Crippen LogP contribution in [0, 0.1) is 23.7 Å². The van der Waals surface area contributed by atoms with Crippen LogP contribution in [-0.2, 0) is 7.05 Å². The molecule has 0 aromatic carbocycles. The first kappa shape index (κ1) is 11.6. The quantitative estimate of drug-likeness (QED) is 0.885. The smallest absolute Gasteiger partial charge is 0.337 e. The molecule has 0 atom stereocenters. The second kappa shape index (κ2) is 3.87. The van der Waals surface area contributed by atoms with Crippen molar-refractivity contribution in [1.82, 2.24) is 4.57 Å². The summed E-state index contributed by atoms with van der Waals surface area (Å²) in [5, 5.41) is 9.42. The second-order valence-corrected chi connectivity index (χ2v) is 7.05. The Hall–Kier alpha value is -1.25. The van der Waals surface area contributed by atoms with E-state index in [0.717, 1.165) is 29.2 Å². The molecule has 1 heterocycles. The molecule has 0 saturated heterocycles. The molecule has 0 radical (unpaired) electrons. The van der Waals surface area contributed by atoms with Crippen LogP contribution in [0.4, 0.5) is 0 Å². The molecule has 1 aromatic heterocycles. The normalized spacial score (nSPS) is 39.7. The maximum absolute atomic E-state index is 11.5. The van der Waals surface area contributed by atoms with Gasteiger partial charge in [0, 0.05) is 19.4 Å². The predicted molar refractivity (Wildman–Crippen MR) is 72.2 cm³/mol. The number of hydrogen-bond acceptors (Lipinski definition) is 1. The molecule has 4 bridgehead atoms. The Labute approximate surface area is 113 Å². The fourth-order valence-electron chi connectivity index (χ4n) is 5.48. The summed E-state index contributed by atoms with van der Waals surface area (Å²) in [7, 11) is 1.94. The standard InChI is InChI=1S/C16H21NO2/c1-17-7-13(14(8-17)16(18)19)15-11-3-9-2-10(5-11)6-12(15)4-9/h7-12,15H,2-6H2,1H3,(H,18,19). The van der Waals surface area contributed by atoms with Crippen molar-refractivity contribution in [3.63, 3.8) is 0 Å². The van der Waals surface area contributed by atoms with Crippen molar-refractivity contribution in [1.29, 1.82) is 0 Å². The fourth-order valence-corrected chi connectivity index (χ4v) is 5.48. The summed E-state index contributed by atoms with van der Waals surface area (Å²) in [6.45, 7) is 0. The van der Waals surface area contributed by atoms with E-state index in [1.165, 1.54) is 32.1 Å². The predicted octanol–water partition coefficient (Wildman–Crippen LogP) is 3.26. The molecule has 1 N–H and O–H groups in total. The molecule has 1 aromatic rings. The Morgan fingerprint density at radius 2 is 1.68 bits per heavy atom. The highest BCUT2D eigenvalue weighted by Gasteiger charge is 2.49. The van der Waals surface area contributed by atoms with Crippen LogP contribution in [0.1, 0.15) is 53.9 Å². The number of aromatic carboxylic acids is 1. The summed E-state index contributed by atoms with van der Waals surface area (Å²) in [5.41, 5.74) is 1.66. The maximum atomic E-state index is 11.5. The molecule has 0 amide bonds. The van der Waals surface area contributed by atoms with Gasteiger partial charge in [-0.3, -0.25) is 0 Å². The molecule has 3 heteroatoms. The molecule has 3 nitrogen and oxygen atoms in total. The zero-order valence-corrected chi connectivity index (χ0v) is 11.4. The Kier molecular flexibility index (Phi) is 2.36. The summed E-state index contributed by atoms with van der Waals surface area (Å²) < 4.78 is 1.92. The van der Waals surface area contributed by atoms with Crippen molar-refractivity contribution in [2.75, 3.05) is 0 Å². The monoisotopic (exact) mass is 259 g/mol. The van der Waals surface area contributed by atoms with Gasteiger partial charge in [-0.25, -0.2) is 4.79 Å². The van der Waals surface area contributed by atoms with Crippen LogP contribution in [0.15, 0.2) is 12.4 Å². The number of hydrogen-bond donors (Lipinski definition) is 1. The molecule has 0 unspecified atom stereocenters. The summed E-state index contributed by atoms with van der Waals surface area (Å²) in [6.07, 6.45) is 10.6. The zero-order valence-electron chi connectivity index (χ0n) is 11.4. The molecule has 4 saturated carbocycles. The van der Waals surface area contributed by atoms with Gasteiger partial charge < -0.3 is 9.67 Å². The minimum Gasteiger partial charge on any atom is -0.478 e. The third kappa shape index (κ3) is 1.67. The Balaban J connectivity index is 1.74. The van der Waals surface area contributed by atoms with Crippen LogP contribution >= 0.6 is 0 Å². The van der Waals surface area contributed by atoms with Crippen LogP contribution in [0.5, 0.6) is 0 Å². The average Bonchev–Trinajstić information content (AvgIpc) is 2.70. The van der Waals surface area contributed by atoms with Crippen LogP contribution in [-0.4, -0.2) is 15.6 Å². The molecular formula is C16H21NO2. The SMILES string of the molecule is Cn1cc(C(=O)O)c(C2C3CC4CC(C3)CC2C4)c1. The summed E-state index contributed by atoms with van der Waals surface area (Å²) in [6, 6.07) is 0. The van der Waals surface area contributed by atoms with Crippen molar-refractivity contribution in [3.05, 3.63) is 23.5 Å². The highest BCUT2D eigenvalue weighted by Crippen LogP contribution is 2.60. The number of carboxylic acid groups (broad SMARTS) is 1. The van der Waals surface area contributed by atoms with Gasteiger partial charge in [0.05, 0.1) is 5.56 Å². The topological polar surface area (TPSA) is 42.2 Å². The first-order valence-corrected chi connectivity index (χ1v) is 7.51. The summed E-state index contributed by atoms with van der Waals surface area (Å²) in [4.78, 5) is 11.5. The first-order valence-electron chi connectivity index (χ1n) is 7.51. The van der Waals surface area contributed by atoms with Gasteiger partial charge in [0.1, 0.15) is 0 Å². The summed E-state index contributed by atoms with van der Waals surface area (Å²) in [5.74, 6) is 3.13. The highest BCUT2D eigenvalue weighted by molar-refractivity contribution is 5.89. The molecule has 0 spiro atoms. The molecule has 19 heavy (non-hydrogen) atoms. The van der Waals surface area contributed by atoms with Gasteiger partial charge in [-0.2, -0.15) is 0 Å². The molecule has 4 aliphatic rings. The highest BCUT2D eigenvalue weighted by atomic mass is 16.4. The van der Waals surface area contributed by atoms with Crippen LogP contribution < -0.4 is 0 Å². The van der Waals surface area contributed by atoms with Gasteiger partial charge in [0.15, 0.2) is 0 Å². The number of aryl methyl sites for hydroxylation is 1. The van der Waals surface area contributed by atoms with E-state index in [0.29, 0.717) is 11.5 Å². The number of nitrogens with zero attached hydrogens (tertiary/aromatic N) is 1. The van der Waals surface area contributed by atoms with E-state index in [2.05, 4.69) is 6.20 Å². The van der Waals surface area contributed by atoms with E-state index >= 15 is 0 Å². The van der Waals surface area contributed by atoms with E-state index in [9.17, 15) is 9.90 Å². The van der Waals surface area contributed by atoms with E-state index in [1.807, 2.05) is 11.6 Å². The third-order valence-corrected chi connectivity index (χ3v) is 5.80. The molecule has 0 aliphatic heterocycles. The minimum absolute atomic E-state index is 0.514. The number of carbonyl (C=O) groups is 1. The number of rotatable bonds is 2. The van der Waals surface area contributed by atoms with Crippen molar-refractivity contribution >= 4 is 5.97 Å². The fraction of sp³-hybridized carbons (Fsp3) is 0.688. The van der Waals surface area contributed by atoms with E-state index < -0.39 is 5.97 Å². The lowest BCUT2D eigenvalue weighted by Gasteiger charge is -2.54. The Morgan fingerprint density at radius 1 is 1.11 bits per heavy atom. The van der Waals surface area contributed by atoms with Crippen LogP contribution in [0.2, 0.25) is 0 Å². The lowest BCUT2D eigenvalue weighted by Crippen LogP contribution is -2.44. The Bertz CT molecular complexity index is 503. The van der Waals surface area contributed by atoms with Gasteiger partial charge >= 0.3 is 5.97 Å². The molecule has 4 fully saturated rings. The number of carboxylic acids is 1. The van der Waals surface area contributed by atoms with E-state index in [1.54, 1.807) is 6.20 Å². The second-order valence-electron chi connectivity index (χ2n) is 7.05. The van der Waals surface area contributed by atoms with Gasteiger partial charge in [-0.15, -0.1) is 0 Å². The maximum Gasteiger partial charge on any atom is 0.337 e. The molecular weight excluding hydrogens is 238 g/mol. The van der Waals surface area contributed by atoms with Crippen LogP contribution in [0.25, 0.3) is 0 Å². The van der Waals surface area contributed by atoms with Gasteiger partial charge in [0.25, 0.3) is 0 Å². The number of aromatic nitrogens is 1. The van der Waals surface area contributed by atoms with Gasteiger partial charge in [-0.1, -0.05) is 0 Å². The summed E-state index contributed by atoms with van der Waals surface area (Å²) >= 11 is 0. The van der Waals surface area contributed by atoms with Crippen molar-refractivity contribution in [2.45, 2.75) is 38.0 Å². The van der Waals surface area contributed by atoms with Crippen LogP contribution in [0.3, 0.4) is 0 Å². The van der Waals surface area contributed by atoms with Crippen molar-refractivity contribution in [3.8, 4) is 0 Å². The average molecular weight is 259 g/mol. The largest absolute Gasteiger partial charge is 0.478 e. The zero-order chi connectivity index (χ0) is 13.1. The van der Waals surface area contributed by atoms with E-state index in [4.69, 9.17) is 0 Å². The Morgan fingerprint density at radius 3 is 2.21 bits per heavy atom. The third-order valence-electron chi connectivity index (χ3n) is 5.80.